The number of para-hydroxylation sites is 1. The number of rotatable bonds is 5. The maximum Gasteiger partial charge on any atom is 0.178 e. The first-order chi connectivity index (χ1) is 16.6. The molecule has 9 atom stereocenters. The highest BCUT2D eigenvalue weighted by Gasteiger charge is 2.66. The summed E-state index contributed by atoms with van der Waals surface area (Å²) in [6, 6.07) is 9.07. The third kappa shape index (κ3) is 3.71. The predicted octanol–water partition coefficient (Wildman–Crippen LogP) is 3.51. The van der Waals surface area contributed by atoms with Crippen LogP contribution >= 0.6 is 0 Å². The lowest BCUT2D eigenvalue weighted by Gasteiger charge is -2.59. The molecule has 1 aromatic carbocycles. The molecule has 0 aliphatic heterocycles. The number of carbonyl (C=O) groups excluding carboxylic acids is 2. The highest BCUT2D eigenvalue weighted by Crippen LogP contribution is 2.67. The third-order valence-corrected chi connectivity index (χ3v) is 9.61. The number of halogens is 1. The predicted molar refractivity (Wildman–Crippen MR) is 128 cm³/mol. The Labute approximate surface area is 205 Å². The van der Waals surface area contributed by atoms with Gasteiger partial charge in [-0.05, 0) is 72.3 Å². The van der Waals surface area contributed by atoms with Crippen LogP contribution in [-0.4, -0.2) is 52.4 Å². The molecule has 0 heterocycles. The smallest absolute Gasteiger partial charge is 0.178 e. The quantitative estimate of drug-likeness (QED) is 0.555. The number of benzene rings is 1. The van der Waals surface area contributed by atoms with E-state index in [1.807, 2.05) is 32.0 Å². The Bertz CT molecular complexity index is 1070. The lowest BCUT2D eigenvalue weighted by atomic mass is 9.46. The second-order valence-corrected chi connectivity index (χ2v) is 11.4. The third-order valence-electron chi connectivity index (χ3n) is 9.61. The number of alkyl halides is 1. The first kappa shape index (κ1) is 24.3. The fourth-order valence-electron chi connectivity index (χ4n) is 8.35. The highest BCUT2D eigenvalue weighted by atomic mass is 19.1. The minimum absolute atomic E-state index is 0.0618. The minimum atomic E-state index is -1.30. The molecule has 4 aliphatic rings. The SMILES string of the molecule is CC12C=CC(=O)C=C1C(F)CC1C2C(O)CC2(C)C1CC(CN(O)c1ccccc1)C2C(=O)CO. The van der Waals surface area contributed by atoms with E-state index in [1.165, 1.54) is 12.2 Å². The minimum Gasteiger partial charge on any atom is -0.393 e. The number of anilines is 1. The van der Waals surface area contributed by atoms with Gasteiger partial charge in [-0.25, -0.2) is 4.39 Å². The average Bonchev–Trinajstić information content (AvgIpc) is 3.11. The highest BCUT2D eigenvalue weighted by molar-refractivity contribution is 6.01. The number of fused-ring (bicyclic) bond motifs is 5. The monoisotopic (exact) mass is 483 g/mol. The van der Waals surface area contributed by atoms with Gasteiger partial charge in [0.1, 0.15) is 12.8 Å². The van der Waals surface area contributed by atoms with Crippen molar-refractivity contribution in [2.75, 3.05) is 18.2 Å². The van der Waals surface area contributed by atoms with Crippen molar-refractivity contribution in [3.8, 4) is 0 Å². The molecule has 188 valence electrons. The van der Waals surface area contributed by atoms with Gasteiger partial charge in [-0.3, -0.25) is 19.9 Å². The van der Waals surface area contributed by atoms with Crippen molar-refractivity contribution >= 4 is 17.3 Å². The van der Waals surface area contributed by atoms with Crippen LogP contribution in [0.25, 0.3) is 0 Å². The zero-order valence-corrected chi connectivity index (χ0v) is 20.2. The van der Waals surface area contributed by atoms with Crippen LogP contribution in [0.5, 0.6) is 0 Å². The van der Waals surface area contributed by atoms with Gasteiger partial charge in [0, 0.05) is 23.8 Å². The number of aliphatic hydroxyl groups excluding tert-OH is 2. The summed E-state index contributed by atoms with van der Waals surface area (Å²) in [5.74, 6) is -1.87. The van der Waals surface area contributed by atoms with Crippen molar-refractivity contribution in [2.24, 2.45) is 40.4 Å². The summed E-state index contributed by atoms with van der Waals surface area (Å²) in [6.45, 7) is 3.49. The van der Waals surface area contributed by atoms with Crippen molar-refractivity contribution in [3.63, 3.8) is 0 Å². The number of allylic oxidation sites excluding steroid dienone is 4. The molecule has 6 nitrogen and oxygen atoms in total. The van der Waals surface area contributed by atoms with Crippen LogP contribution in [0, 0.1) is 40.4 Å². The number of ketones is 2. The molecule has 3 saturated carbocycles. The fourth-order valence-corrected chi connectivity index (χ4v) is 8.35. The molecule has 5 rings (SSSR count). The summed E-state index contributed by atoms with van der Waals surface area (Å²) in [5.41, 5.74) is -0.342. The van der Waals surface area contributed by atoms with Crippen LogP contribution in [0.4, 0.5) is 10.1 Å². The number of hydrogen-bond donors (Lipinski definition) is 3. The van der Waals surface area contributed by atoms with E-state index in [4.69, 9.17) is 0 Å². The first-order valence-corrected chi connectivity index (χ1v) is 12.5. The van der Waals surface area contributed by atoms with E-state index in [-0.39, 0.29) is 48.2 Å². The second kappa shape index (κ2) is 8.64. The standard InChI is InChI=1S/C28H34FNO5/c1-27-9-8-18(32)11-21(27)22(29)12-19-20-10-16(14-30(35)17-6-4-3-5-7-17)25(24(34)15-31)28(20,2)13-23(33)26(19)27/h3-9,11,16,19-20,22-23,25-26,31,33,35H,10,12-15H2,1-2H3. The van der Waals surface area contributed by atoms with E-state index < -0.39 is 35.6 Å². The van der Waals surface area contributed by atoms with Crippen molar-refractivity contribution in [2.45, 2.75) is 45.4 Å². The second-order valence-electron chi connectivity index (χ2n) is 11.4. The van der Waals surface area contributed by atoms with E-state index >= 15 is 4.39 Å². The van der Waals surface area contributed by atoms with Crippen LogP contribution in [-0.2, 0) is 9.59 Å². The van der Waals surface area contributed by atoms with Gasteiger partial charge in [-0.2, -0.15) is 0 Å². The zero-order valence-electron chi connectivity index (χ0n) is 20.2. The normalized spacial score (nSPS) is 42.1. The van der Waals surface area contributed by atoms with E-state index in [1.54, 1.807) is 18.2 Å². The molecule has 1 aromatic rings. The summed E-state index contributed by atoms with van der Waals surface area (Å²) in [7, 11) is 0. The zero-order chi connectivity index (χ0) is 25.1. The number of Topliss-reactive ketones (excluding diaryl/α,β-unsaturated/α-hetero) is 1. The first-order valence-electron chi connectivity index (χ1n) is 12.5. The molecule has 7 heteroatoms. The summed E-state index contributed by atoms with van der Waals surface area (Å²) in [6.07, 6.45) is 3.67. The van der Waals surface area contributed by atoms with E-state index in [9.17, 15) is 25.0 Å². The molecule has 0 aromatic heterocycles. The molecule has 0 spiro atoms. The maximum atomic E-state index is 15.6. The maximum absolute atomic E-state index is 15.6. The lowest BCUT2D eigenvalue weighted by Crippen LogP contribution is -2.58. The van der Waals surface area contributed by atoms with Crippen molar-refractivity contribution in [3.05, 3.63) is 54.1 Å². The molecule has 0 bridgehead atoms. The number of carbonyl (C=O) groups is 2. The van der Waals surface area contributed by atoms with Crippen LogP contribution < -0.4 is 5.06 Å². The van der Waals surface area contributed by atoms with Crippen LogP contribution in [0.3, 0.4) is 0 Å². The Hall–Kier alpha value is -2.35. The summed E-state index contributed by atoms with van der Waals surface area (Å²) in [5, 5.41) is 33.3. The Morgan fingerprint density at radius 1 is 1.20 bits per heavy atom. The number of aliphatic hydroxyl groups is 2. The van der Waals surface area contributed by atoms with Crippen molar-refractivity contribution in [1.29, 1.82) is 0 Å². The molecular formula is C28H34FNO5. The Morgan fingerprint density at radius 2 is 1.91 bits per heavy atom. The van der Waals surface area contributed by atoms with E-state index in [0.29, 0.717) is 24.1 Å². The number of hydrogen-bond acceptors (Lipinski definition) is 6. The van der Waals surface area contributed by atoms with Gasteiger partial charge in [0.05, 0.1) is 11.8 Å². The molecular weight excluding hydrogens is 449 g/mol. The van der Waals surface area contributed by atoms with Crippen LogP contribution in [0.1, 0.15) is 33.1 Å². The molecule has 0 saturated heterocycles. The number of hydroxylamine groups is 1. The van der Waals surface area contributed by atoms with E-state index in [0.717, 1.165) is 5.06 Å². The summed E-state index contributed by atoms with van der Waals surface area (Å²) in [4.78, 5) is 25.1. The van der Waals surface area contributed by atoms with Gasteiger partial charge in [-0.1, -0.05) is 38.1 Å². The van der Waals surface area contributed by atoms with E-state index in [2.05, 4.69) is 0 Å². The van der Waals surface area contributed by atoms with Gasteiger partial charge < -0.3 is 10.2 Å². The molecule has 3 fully saturated rings. The van der Waals surface area contributed by atoms with Crippen LogP contribution in [0.15, 0.2) is 54.1 Å². The molecule has 35 heavy (non-hydrogen) atoms. The molecule has 0 amide bonds. The van der Waals surface area contributed by atoms with Gasteiger partial charge in [0.15, 0.2) is 11.6 Å². The molecule has 0 radical (unpaired) electrons. The Morgan fingerprint density at radius 3 is 2.60 bits per heavy atom. The lowest BCUT2D eigenvalue weighted by molar-refractivity contribution is -0.145. The summed E-state index contributed by atoms with van der Waals surface area (Å²) >= 11 is 0. The van der Waals surface area contributed by atoms with Crippen molar-refractivity contribution in [1.82, 2.24) is 0 Å². The van der Waals surface area contributed by atoms with Gasteiger partial charge in [0.25, 0.3) is 0 Å². The number of nitrogens with zero attached hydrogens (tertiary/aromatic N) is 1. The van der Waals surface area contributed by atoms with Gasteiger partial charge >= 0.3 is 0 Å². The molecule has 4 aliphatic carbocycles. The fraction of sp³-hybridized carbons (Fsp3) is 0.571. The summed E-state index contributed by atoms with van der Waals surface area (Å²) < 4.78 is 15.6. The Kier molecular flexibility index (Phi) is 6.01. The molecule has 9 unspecified atom stereocenters. The van der Waals surface area contributed by atoms with Crippen molar-refractivity contribution < 1.29 is 29.4 Å². The van der Waals surface area contributed by atoms with Gasteiger partial charge in [-0.15, -0.1) is 0 Å². The topological polar surface area (TPSA) is 98.1 Å². The van der Waals surface area contributed by atoms with Gasteiger partial charge in [0.2, 0.25) is 0 Å². The van der Waals surface area contributed by atoms with Crippen LogP contribution in [0.2, 0.25) is 0 Å². The average molecular weight is 484 g/mol. The molecule has 3 N–H and O–H groups in total. The Balaban J connectivity index is 1.51. The largest absolute Gasteiger partial charge is 0.393 e.